The van der Waals surface area contributed by atoms with Gasteiger partial charge in [0.15, 0.2) is 5.78 Å². The molecule has 1 aliphatic rings. The van der Waals surface area contributed by atoms with Crippen LogP contribution in [0.15, 0.2) is 48.5 Å². The largest absolute Gasteiger partial charge is 0.497 e. The van der Waals surface area contributed by atoms with Gasteiger partial charge < -0.3 is 10.5 Å². The van der Waals surface area contributed by atoms with Crippen LogP contribution in [0.2, 0.25) is 0 Å². The molecular weight excluding hydrogens is 250 g/mol. The lowest BCUT2D eigenvalue weighted by atomic mass is 9.87. The van der Waals surface area contributed by atoms with Gasteiger partial charge in [-0.15, -0.1) is 0 Å². The molecular formula is C17H17NO2. The van der Waals surface area contributed by atoms with Crippen molar-refractivity contribution in [3.63, 3.8) is 0 Å². The van der Waals surface area contributed by atoms with Crippen LogP contribution in [-0.4, -0.2) is 12.9 Å². The molecule has 0 unspecified atom stereocenters. The van der Waals surface area contributed by atoms with Gasteiger partial charge >= 0.3 is 0 Å². The second kappa shape index (κ2) is 4.67. The molecule has 0 heterocycles. The quantitative estimate of drug-likeness (QED) is 0.683. The fourth-order valence-corrected chi connectivity index (χ4v) is 2.61. The molecule has 2 N–H and O–H groups in total. The first kappa shape index (κ1) is 12.7. The van der Waals surface area contributed by atoms with Gasteiger partial charge in [0.2, 0.25) is 0 Å². The molecule has 0 aromatic heterocycles. The Labute approximate surface area is 118 Å². The highest BCUT2D eigenvalue weighted by Crippen LogP contribution is 2.50. The highest BCUT2D eigenvalue weighted by atomic mass is 16.5. The standard InChI is InChI=1S/C17H17NO2/c1-20-15-4-2-3-12(11-15)16(19)17(9-10-17)13-5-7-14(18)8-6-13/h2-8,11H,9-10,18H2,1H3. The number of ether oxygens (including phenoxy) is 1. The average Bonchev–Trinajstić information content (AvgIpc) is 3.29. The number of rotatable bonds is 4. The topological polar surface area (TPSA) is 52.3 Å². The van der Waals surface area contributed by atoms with Crippen molar-refractivity contribution in [3.8, 4) is 5.75 Å². The van der Waals surface area contributed by atoms with Gasteiger partial charge in [0.05, 0.1) is 12.5 Å². The molecule has 102 valence electrons. The highest BCUT2D eigenvalue weighted by Gasteiger charge is 2.51. The summed E-state index contributed by atoms with van der Waals surface area (Å²) in [5.41, 5.74) is 7.84. The number of hydrogen-bond donors (Lipinski definition) is 1. The first-order valence-corrected chi connectivity index (χ1v) is 6.71. The van der Waals surface area contributed by atoms with Crippen molar-refractivity contribution in [1.29, 1.82) is 0 Å². The predicted octanol–water partition coefficient (Wildman–Crippen LogP) is 3.19. The maximum absolute atomic E-state index is 12.8. The summed E-state index contributed by atoms with van der Waals surface area (Å²) in [6.45, 7) is 0. The predicted molar refractivity (Wildman–Crippen MR) is 79.1 cm³/mol. The number of methoxy groups -OCH3 is 1. The third kappa shape index (κ3) is 2.05. The van der Waals surface area contributed by atoms with Crippen LogP contribution in [0.1, 0.15) is 28.8 Å². The number of benzene rings is 2. The fourth-order valence-electron chi connectivity index (χ4n) is 2.61. The molecule has 3 rings (SSSR count). The average molecular weight is 267 g/mol. The summed E-state index contributed by atoms with van der Waals surface area (Å²) in [5, 5.41) is 0. The number of carbonyl (C=O) groups is 1. The molecule has 0 amide bonds. The Bertz CT molecular complexity index is 642. The maximum Gasteiger partial charge on any atom is 0.173 e. The zero-order valence-corrected chi connectivity index (χ0v) is 11.4. The van der Waals surface area contributed by atoms with Crippen molar-refractivity contribution in [2.45, 2.75) is 18.3 Å². The molecule has 2 aromatic rings. The molecule has 0 atom stereocenters. The van der Waals surface area contributed by atoms with Crippen molar-refractivity contribution < 1.29 is 9.53 Å². The number of ketones is 1. The second-order valence-electron chi connectivity index (χ2n) is 5.27. The maximum atomic E-state index is 12.8. The molecule has 0 spiro atoms. The molecule has 0 bridgehead atoms. The van der Waals surface area contributed by atoms with Gasteiger partial charge in [-0.2, -0.15) is 0 Å². The molecule has 3 nitrogen and oxygen atoms in total. The minimum Gasteiger partial charge on any atom is -0.497 e. The Morgan fingerprint density at radius 1 is 1.15 bits per heavy atom. The first-order chi connectivity index (χ1) is 9.65. The number of hydrogen-bond acceptors (Lipinski definition) is 3. The van der Waals surface area contributed by atoms with Gasteiger partial charge in [0.1, 0.15) is 5.75 Å². The van der Waals surface area contributed by atoms with Crippen molar-refractivity contribution in [2.24, 2.45) is 0 Å². The zero-order chi connectivity index (χ0) is 14.2. The van der Waals surface area contributed by atoms with Gasteiger partial charge in [0.25, 0.3) is 0 Å². The van der Waals surface area contributed by atoms with Gasteiger partial charge in [0, 0.05) is 11.3 Å². The van der Waals surface area contributed by atoms with Gasteiger partial charge in [-0.1, -0.05) is 24.3 Å². The van der Waals surface area contributed by atoms with E-state index >= 15 is 0 Å². The number of nitrogen functional groups attached to an aromatic ring is 1. The molecule has 3 heteroatoms. The van der Waals surface area contributed by atoms with E-state index in [1.54, 1.807) is 13.2 Å². The monoisotopic (exact) mass is 267 g/mol. The van der Waals surface area contributed by atoms with E-state index in [-0.39, 0.29) is 11.2 Å². The number of anilines is 1. The molecule has 1 aliphatic carbocycles. The Kier molecular flexibility index (Phi) is 2.97. The van der Waals surface area contributed by atoms with Gasteiger partial charge in [-0.25, -0.2) is 0 Å². The van der Waals surface area contributed by atoms with Crippen LogP contribution < -0.4 is 10.5 Å². The number of nitrogens with two attached hydrogens (primary N) is 1. The summed E-state index contributed by atoms with van der Waals surface area (Å²) < 4.78 is 5.19. The van der Waals surface area contributed by atoms with E-state index < -0.39 is 0 Å². The zero-order valence-electron chi connectivity index (χ0n) is 11.4. The Morgan fingerprint density at radius 3 is 2.45 bits per heavy atom. The lowest BCUT2D eigenvalue weighted by molar-refractivity contribution is 0.0945. The fraction of sp³-hybridized carbons (Fsp3) is 0.235. The van der Waals surface area contributed by atoms with E-state index in [1.165, 1.54) is 0 Å². The van der Waals surface area contributed by atoms with Crippen LogP contribution in [0, 0.1) is 0 Å². The Morgan fingerprint density at radius 2 is 1.85 bits per heavy atom. The SMILES string of the molecule is COc1cccc(C(=O)C2(c3ccc(N)cc3)CC2)c1. The second-order valence-corrected chi connectivity index (χ2v) is 5.27. The minimum atomic E-state index is -0.361. The summed E-state index contributed by atoms with van der Waals surface area (Å²) >= 11 is 0. The Balaban J connectivity index is 1.95. The summed E-state index contributed by atoms with van der Waals surface area (Å²) in [4.78, 5) is 12.8. The van der Waals surface area contributed by atoms with Crippen LogP contribution in [0.25, 0.3) is 0 Å². The third-order valence-electron chi connectivity index (χ3n) is 3.98. The van der Waals surface area contributed by atoms with E-state index in [0.717, 1.165) is 24.1 Å². The highest BCUT2D eigenvalue weighted by molar-refractivity contribution is 6.06. The van der Waals surface area contributed by atoms with E-state index in [9.17, 15) is 4.79 Å². The number of carbonyl (C=O) groups excluding carboxylic acids is 1. The van der Waals surface area contributed by atoms with Crippen molar-refractivity contribution in [3.05, 3.63) is 59.7 Å². The van der Waals surface area contributed by atoms with E-state index in [4.69, 9.17) is 10.5 Å². The molecule has 2 aromatic carbocycles. The molecule has 0 saturated heterocycles. The third-order valence-corrected chi connectivity index (χ3v) is 3.98. The number of Topliss-reactive ketones (excluding diaryl/α,β-unsaturated/α-hetero) is 1. The van der Waals surface area contributed by atoms with Crippen LogP contribution >= 0.6 is 0 Å². The van der Waals surface area contributed by atoms with E-state index in [2.05, 4.69) is 0 Å². The lowest BCUT2D eigenvalue weighted by Gasteiger charge is -2.15. The van der Waals surface area contributed by atoms with Crippen molar-refractivity contribution in [1.82, 2.24) is 0 Å². The summed E-state index contributed by atoms with van der Waals surface area (Å²) in [6, 6.07) is 15.0. The van der Waals surface area contributed by atoms with Gasteiger partial charge in [-0.3, -0.25) is 4.79 Å². The molecule has 1 saturated carbocycles. The normalized spacial score (nSPS) is 15.7. The van der Waals surface area contributed by atoms with Crippen LogP contribution in [0.5, 0.6) is 5.75 Å². The molecule has 1 fully saturated rings. The van der Waals surface area contributed by atoms with Gasteiger partial charge in [-0.05, 0) is 42.7 Å². The molecule has 0 radical (unpaired) electrons. The molecule has 20 heavy (non-hydrogen) atoms. The van der Waals surface area contributed by atoms with E-state index in [1.807, 2.05) is 42.5 Å². The van der Waals surface area contributed by atoms with Crippen LogP contribution in [-0.2, 0) is 5.41 Å². The molecule has 0 aliphatic heterocycles. The summed E-state index contributed by atoms with van der Waals surface area (Å²) in [5.74, 6) is 0.880. The minimum absolute atomic E-state index is 0.168. The summed E-state index contributed by atoms with van der Waals surface area (Å²) in [7, 11) is 1.61. The smallest absolute Gasteiger partial charge is 0.173 e. The van der Waals surface area contributed by atoms with E-state index in [0.29, 0.717) is 11.3 Å². The van der Waals surface area contributed by atoms with Crippen molar-refractivity contribution >= 4 is 11.5 Å². The first-order valence-electron chi connectivity index (χ1n) is 6.71. The summed E-state index contributed by atoms with van der Waals surface area (Å²) in [6.07, 6.45) is 1.79. The Hall–Kier alpha value is -2.29. The van der Waals surface area contributed by atoms with Crippen molar-refractivity contribution in [2.75, 3.05) is 12.8 Å². The van der Waals surface area contributed by atoms with Crippen LogP contribution in [0.4, 0.5) is 5.69 Å². The van der Waals surface area contributed by atoms with Crippen LogP contribution in [0.3, 0.4) is 0 Å². The lowest BCUT2D eigenvalue weighted by Crippen LogP contribution is -2.20.